The van der Waals surface area contributed by atoms with Crippen LogP contribution in [0.5, 0.6) is 0 Å². The van der Waals surface area contributed by atoms with Crippen molar-refractivity contribution in [3.05, 3.63) is 0 Å². The van der Waals surface area contributed by atoms with Gasteiger partial charge in [-0.15, -0.1) is 0 Å². The second-order valence-electron chi connectivity index (χ2n) is 12.9. The molecule has 34 heavy (non-hydrogen) atoms. The van der Waals surface area contributed by atoms with Crippen LogP contribution in [-0.4, -0.2) is 0 Å². The summed E-state index contributed by atoms with van der Waals surface area (Å²) < 4.78 is 0. The van der Waals surface area contributed by atoms with E-state index in [1.807, 2.05) is 0 Å². The summed E-state index contributed by atoms with van der Waals surface area (Å²) >= 11 is 0. The maximum atomic E-state index is 2.49. The number of unbranched alkanes of at least 4 members (excludes halogenated alkanes) is 16. The Kier molecular flexibility index (Phi) is 24.7. The van der Waals surface area contributed by atoms with Gasteiger partial charge < -0.3 is 0 Å². The van der Waals surface area contributed by atoms with Gasteiger partial charge in [-0.3, -0.25) is 0 Å². The normalized spacial score (nSPS) is 13.1. The summed E-state index contributed by atoms with van der Waals surface area (Å²) in [6.45, 7) is 14.5. The molecule has 0 saturated carbocycles. The van der Waals surface area contributed by atoms with Crippen molar-refractivity contribution >= 4 is 0 Å². The van der Waals surface area contributed by atoms with E-state index >= 15 is 0 Å². The Morgan fingerprint density at radius 3 is 0.971 bits per heavy atom. The standard InChI is InChI=1S/C34H70/c1-7-10-13-16-19-22-27-32(28-23-20-17-14-11-8-2)29-25-26-31-33(34(4,5)6)30-24-21-18-15-12-9-3/h32-33H,7-31H2,1-6H3. The van der Waals surface area contributed by atoms with E-state index in [9.17, 15) is 0 Å². The Labute approximate surface area is 219 Å². The minimum Gasteiger partial charge on any atom is -0.0654 e. The van der Waals surface area contributed by atoms with E-state index in [0.29, 0.717) is 5.41 Å². The Morgan fingerprint density at radius 2 is 0.618 bits per heavy atom. The molecule has 0 radical (unpaired) electrons. The van der Waals surface area contributed by atoms with Crippen molar-refractivity contribution in [3.63, 3.8) is 0 Å². The van der Waals surface area contributed by atoms with Crippen molar-refractivity contribution < 1.29 is 0 Å². The second kappa shape index (κ2) is 24.7. The number of hydrogen-bond acceptors (Lipinski definition) is 0. The summed E-state index contributed by atoms with van der Waals surface area (Å²) in [5.41, 5.74) is 0.486. The van der Waals surface area contributed by atoms with Crippen molar-refractivity contribution in [3.8, 4) is 0 Å². The monoisotopic (exact) mass is 479 g/mol. The molecule has 0 aromatic rings. The van der Waals surface area contributed by atoms with E-state index in [2.05, 4.69) is 41.5 Å². The molecule has 0 bridgehead atoms. The fourth-order valence-electron chi connectivity index (χ4n) is 5.86. The van der Waals surface area contributed by atoms with E-state index in [-0.39, 0.29) is 0 Å². The minimum absolute atomic E-state index is 0.486. The SMILES string of the molecule is CCCCCCCCC(CCCCCCCC)CCCCC(CCCCCCCC)C(C)(C)C. The van der Waals surface area contributed by atoms with Crippen LogP contribution < -0.4 is 0 Å². The largest absolute Gasteiger partial charge is 0.0654 e. The summed E-state index contributed by atoms with van der Waals surface area (Å²) in [7, 11) is 0. The molecule has 0 aromatic heterocycles. The van der Waals surface area contributed by atoms with Crippen molar-refractivity contribution in [1.29, 1.82) is 0 Å². The van der Waals surface area contributed by atoms with Crippen LogP contribution in [0.1, 0.15) is 202 Å². The molecule has 0 nitrogen and oxygen atoms in total. The molecule has 0 fully saturated rings. The molecule has 0 aromatic carbocycles. The third-order valence-electron chi connectivity index (χ3n) is 8.48. The average molecular weight is 479 g/mol. The summed E-state index contributed by atoms with van der Waals surface area (Å²) in [4.78, 5) is 0. The maximum Gasteiger partial charge on any atom is -0.0354 e. The molecule has 0 amide bonds. The third kappa shape index (κ3) is 22.5. The topological polar surface area (TPSA) is 0 Å². The van der Waals surface area contributed by atoms with Gasteiger partial charge in [-0.2, -0.15) is 0 Å². The molecule has 0 aliphatic rings. The molecule has 0 N–H and O–H groups in total. The first-order chi connectivity index (χ1) is 16.5. The molecule has 0 aliphatic carbocycles. The first kappa shape index (κ1) is 34.0. The Balaban J connectivity index is 4.27. The zero-order valence-electron chi connectivity index (χ0n) is 25.3. The fourth-order valence-corrected chi connectivity index (χ4v) is 5.86. The number of rotatable bonds is 26. The van der Waals surface area contributed by atoms with Gasteiger partial charge in [0.1, 0.15) is 0 Å². The Hall–Kier alpha value is 0. The second-order valence-corrected chi connectivity index (χ2v) is 12.9. The van der Waals surface area contributed by atoms with Crippen LogP contribution in [0.3, 0.4) is 0 Å². The summed E-state index contributed by atoms with van der Waals surface area (Å²) in [5.74, 6) is 1.94. The van der Waals surface area contributed by atoms with Crippen molar-refractivity contribution in [2.45, 2.75) is 202 Å². The molecule has 0 saturated heterocycles. The Morgan fingerprint density at radius 1 is 0.353 bits per heavy atom. The quantitative estimate of drug-likeness (QED) is 0.108. The van der Waals surface area contributed by atoms with Crippen LogP contribution >= 0.6 is 0 Å². The molecule has 1 unspecified atom stereocenters. The van der Waals surface area contributed by atoms with Crippen LogP contribution in [0.15, 0.2) is 0 Å². The zero-order valence-corrected chi connectivity index (χ0v) is 25.3. The van der Waals surface area contributed by atoms with Gasteiger partial charge in [0.15, 0.2) is 0 Å². The third-order valence-corrected chi connectivity index (χ3v) is 8.48. The highest BCUT2D eigenvalue weighted by Crippen LogP contribution is 2.35. The van der Waals surface area contributed by atoms with Crippen LogP contribution in [0, 0.1) is 17.3 Å². The first-order valence-corrected chi connectivity index (χ1v) is 16.5. The lowest BCUT2D eigenvalue weighted by Crippen LogP contribution is -2.20. The fraction of sp³-hybridized carbons (Fsp3) is 1.00. The summed E-state index contributed by atoms with van der Waals surface area (Å²) in [6.07, 6.45) is 36.5. The van der Waals surface area contributed by atoms with Gasteiger partial charge in [0.2, 0.25) is 0 Å². The molecule has 1 atom stereocenters. The summed E-state index contributed by atoms with van der Waals surface area (Å²) in [5, 5.41) is 0. The Bertz CT molecular complexity index is 360. The van der Waals surface area contributed by atoms with Crippen molar-refractivity contribution in [2.75, 3.05) is 0 Å². The molecule has 0 aliphatic heterocycles. The number of hydrogen-bond donors (Lipinski definition) is 0. The highest BCUT2D eigenvalue weighted by atomic mass is 14.3. The highest BCUT2D eigenvalue weighted by Gasteiger charge is 2.23. The van der Waals surface area contributed by atoms with Crippen LogP contribution in [0.2, 0.25) is 0 Å². The van der Waals surface area contributed by atoms with E-state index in [1.54, 1.807) is 0 Å². The van der Waals surface area contributed by atoms with Gasteiger partial charge in [0.25, 0.3) is 0 Å². The zero-order chi connectivity index (χ0) is 25.3. The maximum absolute atomic E-state index is 2.49. The van der Waals surface area contributed by atoms with Gasteiger partial charge in [0.05, 0.1) is 0 Å². The lowest BCUT2D eigenvalue weighted by Gasteiger charge is -2.31. The highest BCUT2D eigenvalue weighted by molar-refractivity contribution is 4.74. The smallest absolute Gasteiger partial charge is 0.0354 e. The minimum atomic E-state index is 0.486. The molecular formula is C34H70. The molecular weight excluding hydrogens is 408 g/mol. The van der Waals surface area contributed by atoms with Gasteiger partial charge >= 0.3 is 0 Å². The summed E-state index contributed by atoms with van der Waals surface area (Å²) in [6, 6.07) is 0. The van der Waals surface area contributed by atoms with Gasteiger partial charge in [-0.25, -0.2) is 0 Å². The van der Waals surface area contributed by atoms with E-state index in [4.69, 9.17) is 0 Å². The molecule has 0 heteroatoms. The van der Waals surface area contributed by atoms with E-state index in [0.717, 1.165) is 11.8 Å². The predicted octanol–water partition coefficient (Wildman–Crippen LogP) is 13.1. The lowest BCUT2D eigenvalue weighted by atomic mass is 9.75. The van der Waals surface area contributed by atoms with Crippen LogP contribution in [-0.2, 0) is 0 Å². The molecule has 0 spiro atoms. The first-order valence-electron chi connectivity index (χ1n) is 16.5. The van der Waals surface area contributed by atoms with Crippen LogP contribution in [0.4, 0.5) is 0 Å². The van der Waals surface area contributed by atoms with E-state index < -0.39 is 0 Å². The molecule has 0 rings (SSSR count). The van der Waals surface area contributed by atoms with Gasteiger partial charge in [0, 0.05) is 0 Å². The molecule has 206 valence electrons. The van der Waals surface area contributed by atoms with Gasteiger partial charge in [-0.1, -0.05) is 189 Å². The lowest BCUT2D eigenvalue weighted by molar-refractivity contribution is 0.199. The van der Waals surface area contributed by atoms with Gasteiger partial charge in [-0.05, 0) is 30.1 Å². The van der Waals surface area contributed by atoms with Crippen LogP contribution in [0.25, 0.3) is 0 Å². The van der Waals surface area contributed by atoms with Crippen molar-refractivity contribution in [2.24, 2.45) is 17.3 Å². The van der Waals surface area contributed by atoms with E-state index in [1.165, 1.54) is 161 Å². The average Bonchev–Trinajstić information content (AvgIpc) is 2.80. The predicted molar refractivity (Wildman–Crippen MR) is 159 cm³/mol. The molecule has 0 heterocycles. The van der Waals surface area contributed by atoms with Crippen molar-refractivity contribution in [1.82, 2.24) is 0 Å².